The smallest absolute Gasteiger partial charge is 0.237 e. The third kappa shape index (κ3) is 3.74. The summed E-state index contributed by atoms with van der Waals surface area (Å²) in [6.45, 7) is 7.39. The van der Waals surface area contributed by atoms with Crippen LogP contribution in [0.5, 0.6) is 0 Å². The van der Waals surface area contributed by atoms with Gasteiger partial charge in [0.1, 0.15) is 0 Å². The second kappa shape index (κ2) is 7.09. The molecule has 2 N–H and O–H groups in total. The third-order valence-electron chi connectivity index (χ3n) is 4.34. The molecule has 0 aromatic heterocycles. The molecule has 1 saturated heterocycles. The molecule has 0 saturated carbocycles. The fourth-order valence-corrected chi connectivity index (χ4v) is 2.52. The molecule has 0 radical (unpaired) electrons. The van der Waals surface area contributed by atoms with Gasteiger partial charge in [0.15, 0.2) is 0 Å². The van der Waals surface area contributed by atoms with E-state index < -0.39 is 0 Å². The van der Waals surface area contributed by atoms with E-state index in [0.717, 1.165) is 19.4 Å². The van der Waals surface area contributed by atoms with Crippen LogP contribution in [-0.2, 0) is 10.2 Å². The first-order chi connectivity index (χ1) is 9.01. The van der Waals surface area contributed by atoms with Crippen LogP contribution in [0, 0.1) is 0 Å². The number of nitrogens with one attached hydrogen (secondary N) is 2. The molecule has 0 aliphatic carbocycles. The number of benzene rings is 1. The van der Waals surface area contributed by atoms with Crippen LogP contribution in [0.4, 0.5) is 0 Å². The van der Waals surface area contributed by atoms with Gasteiger partial charge < -0.3 is 10.6 Å². The Balaban J connectivity index is 0.00000200. The lowest BCUT2D eigenvalue weighted by Crippen LogP contribution is -2.50. The Kier molecular flexibility index (Phi) is 6.03. The van der Waals surface area contributed by atoms with Crippen LogP contribution in [0.25, 0.3) is 0 Å². The summed E-state index contributed by atoms with van der Waals surface area (Å²) in [6, 6.07) is 10.4. The Hall–Kier alpha value is -1.06. The predicted octanol–water partition coefficient (Wildman–Crippen LogP) is 2.64. The minimum absolute atomic E-state index is 0. The summed E-state index contributed by atoms with van der Waals surface area (Å²) >= 11 is 0. The van der Waals surface area contributed by atoms with Gasteiger partial charge in [-0.3, -0.25) is 4.79 Å². The molecule has 1 aliphatic heterocycles. The van der Waals surface area contributed by atoms with Crippen LogP contribution in [0.3, 0.4) is 0 Å². The first-order valence-electron chi connectivity index (χ1n) is 7.11. The Morgan fingerprint density at radius 1 is 1.35 bits per heavy atom. The molecule has 2 atom stereocenters. The highest BCUT2D eigenvalue weighted by molar-refractivity contribution is 5.85. The van der Waals surface area contributed by atoms with Gasteiger partial charge in [0.25, 0.3) is 0 Å². The van der Waals surface area contributed by atoms with Crippen molar-refractivity contribution in [2.24, 2.45) is 0 Å². The van der Waals surface area contributed by atoms with Gasteiger partial charge in [0.05, 0.1) is 6.04 Å². The molecular weight excluding hydrogens is 272 g/mol. The third-order valence-corrected chi connectivity index (χ3v) is 4.34. The van der Waals surface area contributed by atoms with E-state index >= 15 is 0 Å². The highest BCUT2D eigenvalue weighted by Crippen LogP contribution is 2.26. The molecule has 1 heterocycles. The summed E-state index contributed by atoms with van der Waals surface area (Å²) in [6.07, 6.45) is 2.04. The normalized spacial score (nSPS) is 20.1. The number of hydrogen-bond donors (Lipinski definition) is 2. The zero-order chi connectivity index (χ0) is 13.9. The van der Waals surface area contributed by atoms with Gasteiger partial charge in [-0.05, 0) is 31.9 Å². The van der Waals surface area contributed by atoms with Crippen LogP contribution in [0.1, 0.15) is 39.2 Å². The van der Waals surface area contributed by atoms with Gasteiger partial charge in [-0.15, -0.1) is 12.4 Å². The van der Waals surface area contributed by atoms with Crippen molar-refractivity contribution >= 4 is 18.3 Å². The Morgan fingerprint density at radius 3 is 2.55 bits per heavy atom. The number of carbonyl (C=O) groups excluding carboxylic acids is 1. The quantitative estimate of drug-likeness (QED) is 0.897. The number of rotatable bonds is 4. The summed E-state index contributed by atoms with van der Waals surface area (Å²) in [5.41, 5.74) is 1.18. The van der Waals surface area contributed by atoms with E-state index in [4.69, 9.17) is 0 Å². The van der Waals surface area contributed by atoms with Crippen molar-refractivity contribution in [2.45, 2.75) is 51.1 Å². The SMILES string of the molecule is CC(NC(=O)[C@@H]1CCCN1)C(C)(C)c1ccccc1.Cl. The van der Waals surface area contributed by atoms with E-state index in [0.29, 0.717) is 0 Å². The average molecular weight is 297 g/mol. The highest BCUT2D eigenvalue weighted by Gasteiger charge is 2.31. The standard InChI is InChI=1S/C16H24N2O.ClH/c1-12(18-15(19)14-10-7-11-17-14)16(2,3)13-8-5-4-6-9-13;/h4-6,8-9,12,14,17H,7,10-11H2,1-3H3,(H,18,19);1H/t12?,14-;/m0./s1. The van der Waals surface area contributed by atoms with E-state index in [1.54, 1.807) is 0 Å². The second-order valence-electron chi connectivity index (χ2n) is 5.97. The zero-order valence-electron chi connectivity index (χ0n) is 12.5. The van der Waals surface area contributed by atoms with Crippen molar-refractivity contribution in [3.05, 3.63) is 35.9 Å². The van der Waals surface area contributed by atoms with Crippen LogP contribution < -0.4 is 10.6 Å². The van der Waals surface area contributed by atoms with E-state index in [-0.39, 0.29) is 35.8 Å². The molecule has 1 aromatic carbocycles. The van der Waals surface area contributed by atoms with Gasteiger partial charge in [0, 0.05) is 11.5 Å². The minimum atomic E-state index is -0.0739. The molecule has 2 rings (SSSR count). The van der Waals surface area contributed by atoms with E-state index in [1.165, 1.54) is 5.56 Å². The van der Waals surface area contributed by atoms with Crippen molar-refractivity contribution < 1.29 is 4.79 Å². The Bertz CT molecular complexity index is 427. The van der Waals surface area contributed by atoms with E-state index in [9.17, 15) is 4.79 Å². The lowest BCUT2D eigenvalue weighted by Gasteiger charge is -2.33. The first kappa shape index (κ1) is 17.0. The monoisotopic (exact) mass is 296 g/mol. The second-order valence-corrected chi connectivity index (χ2v) is 5.97. The van der Waals surface area contributed by atoms with Crippen LogP contribution in [0.15, 0.2) is 30.3 Å². The van der Waals surface area contributed by atoms with Crippen LogP contribution >= 0.6 is 12.4 Å². The summed E-state index contributed by atoms with van der Waals surface area (Å²) in [5.74, 6) is 0.133. The summed E-state index contributed by atoms with van der Waals surface area (Å²) in [5, 5.41) is 6.40. The molecular formula is C16H25ClN2O. The van der Waals surface area contributed by atoms with Crippen LogP contribution in [0.2, 0.25) is 0 Å². The molecule has 112 valence electrons. The van der Waals surface area contributed by atoms with Gasteiger partial charge in [-0.2, -0.15) is 0 Å². The van der Waals surface area contributed by atoms with Gasteiger partial charge >= 0.3 is 0 Å². The topological polar surface area (TPSA) is 41.1 Å². The molecule has 0 bridgehead atoms. The maximum absolute atomic E-state index is 12.2. The first-order valence-corrected chi connectivity index (χ1v) is 7.11. The molecule has 1 aromatic rings. The average Bonchev–Trinajstić information content (AvgIpc) is 2.93. The van der Waals surface area contributed by atoms with Crippen molar-refractivity contribution in [1.82, 2.24) is 10.6 Å². The Labute approximate surface area is 127 Å². The van der Waals surface area contributed by atoms with Gasteiger partial charge in [-0.1, -0.05) is 44.2 Å². The lowest BCUT2D eigenvalue weighted by molar-refractivity contribution is -0.123. The number of carbonyl (C=O) groups is 1. The van der Waals surface area contributed by atoms with E-state index in [1.807, 2.05) is 18.2 Å². The summed E-state index contributed by atoms with van der Waals surface area (Å²) < 4.78 is 0. The van der Waals surface area contributed by atoms with Crippen molar-refractivity contribution in [2.75, 3.05) is 6.54 Å². The van der Waals surface area contributed by atoms with Crippen molar-refractivity contribution in [3.63, 3.8) is 0 Å². The molecule has 1 unspecified atom stereocenters. The highest BCUT2D eigenvalue weighted by atomic mass is 35.5. The fraction of sp³-hybridized carbons (Fsp3) is 0.562. The predicted molar refractivity (Wildman–Crippen MR) is 85.3 cm³/mol. The van der Waals surface area contributed by atoms with Gasteiger partial charge in [0.2, 0.25) is 5.91 Å². The number of halogens is 1. The molecule has 4 heteroatoms. The van der Waals surface area contributed by atoms with Crippen LogP contribution in [-0.4, -0.2) is 24.5 Å². The molecule has 0 spiro atoms. The van der Waals surface area contributed by atoms with Crippen molar-refractivity contribution in [1.29, 1.82) is 0 Å². The minimum Gasteiger partial charge on any atom is -0.351 e. The zero-order valence-corrected chi connectivity index (χ0v) is 13.3. The molecule has 20 heavy (non-hydrogen) atoms. The summed E-state index contributed by atoms with van der Waals surface area (Å²) in [7, 11) is 0. The van der Waals surface area contributed by atoms with Crippen molar-refractivity contribution in [3.8, 4) is 0 Å². The molecule has 3 nitrogen and oxygen atoms in total. The molecule has 1 amide bonds. The molecule has 1 aliphatic rings. The maximum Gasteiger partial charge on any atom is 0.237 e. The maximum atomic E-state index is 12.2. The largest absolute Gasteiger partial charge is 0.351 e. The number of hydrogen-bond acceptors (Lipinski definition) is 2. The number of amides is 1. The molecule has 1 fully saturated rings. The lowest BCUT2D eigenvalue weighted by atomic mass is 9.78. The van der Waals surface area contributed by atoms with E-state index in [2.05, 4.69) is 43.5 Å². The summed E-state index contributed by atoms with van der Waals surface area (Å²) in [4.78, 5) is 12.2. The van der Waals surface area contributed by atoms with Gasteiger partial charge in [-0.25, -0.2) is 0 Å². The fourth-order valence-electron chi connectivity index (χ4n) is 2.52. The Morgan fingerprint density at radius 2 is 2.00 bits per heavy atom.